The van der Waals surface area contributed by atoms with Gasteiger partial charge in [0.25, 0.3) is 11.8 Å². The number of ether oxygens (including phenoxy) is 4. The molecule has 2 amide bonds. The van der Waals surface area contributed by atoms with E-state index in [2.05, 4.69) is 10.6 Å². The Hall–Kier alpha value is -3.68. The second-order valence-electron chi connectivity index (χ2n) is 11.7. The topological polar surface area (TPSA) is 156 Å². The normalized spacial score (nSPS) is 23.2. The fourth-order valence-electron chi connectivity index (χ4n) is 5.91. The summed E-state index contributed by atoms with van der Waals surface area (Å²) in [5, 5.41) is 39.5. The zero-order chi connectivity index (χ0) is 32.5. The first kappa shape index (κ1) is 33.7. The third kappa shape index (κ3) is 8.56. The van der Waals surface area contributed by atoms with Crippen LogP contribution in [0.15, 0.2) is 84.9 Å². The van der Waals surface area contributed by atoms with Gasteiger partial charge in [-0.15, -0.1) is 0 Å². The van der Waals surface area contributed by atoms with Crippen LogP contribution in [0.2, 0.25) is 0 Å². The van der Waals surface area contributed by atoms with Crippen LogP contribution in [-0.4, -0.2) is 90.1 Å². The molecule has 2 aliphatic rings. The lowest BCUT2D eigenvalue weighted by Gasteiger charge is -2.32. The average molecular weight is 635 g/mol. The van der Waals surface area contributed by atoms with E-state index in [1.165, 1.54) is 0 Å². The Morgan fingerprint density at radius 2 is 1.37 bits per heavy atom. The largest absolute Gasteiger partial charge is 0.390 e. The first-order valence-electron chi connectivity index (χ1n) is 15.5. The minimum absolute atomic E-state index is 0.0387. The molecule has 0 saturated carbocycles. The predicted octanol–water partition coefficient (Wildman–Crippen LogP) is 1.57. The molecular formula is C35H42N2O9. The molecule has 1 heterocycles. The summed E-state index contributed by atoms with van der Waals surface area (Å²) >= 11 is 0. The van der Waals surface area contributed by atoms with Gasteiger partial charge in [-0.1, -0.05) is 84.9 Å². The van der Waals surface area contributed by atoms with Crippen LogP contribution in [0.3, 0.4) is 0 Å². The summed E-state index contributed by atoms with van der Waals surface area (Å²) in [4.78, 5) is 27.4. The smallest absolute Gasteiger partial charge is 0.252 e. The van der Waals surface area contributed by atoms with E-state index >= 15 is 0 Å². The first-order valence-corrected chi connectivity index (χ1v) is 15.5. The predicted molar refractivity (Wildman–Crippen MR) is 167 cm³/mol. The molecular weight excluding hydrogens is 592 g/mol. The fourth-order valence-corrected chi connectivity index (χ4v) is 5.91. The average Bonchev–Trinajstić information content (AvgIpc) is 3.64. The minimum atomic E-state index is -1.88. The van der Waals surface area contributed by atoms with Gasteiger partial charge in [0.05, 0.1) is 50.7 Å². The lowest BCUT2D eigenvalue weighted by atomic mass is 9.99. The molecule has 0 aromatic heterocycles. The molecule has 0 bridgehead atoms. The molecule has 1 aliphatic carbocycles. The molecule has 3 aromatic rings. The van der Waals surface area contributed by atoms with Gasteiger partial charge in [0.15, 0.2) is 12.2 Å². The van der Waals surface area contributed by atoms with E-state index < -0.39 is 48.4 Å². The van der Waals surface area contributed by atoms with E-state index in [0.717, 1.165) is 22.3 Å². The van der Waals surface area contributed by atoms with Crippen molar-refractivity contribution in [3.05, 3.63) is 107 Å². The van der Waals surface area contributed by atoms with Crippen LogP contribution in [0, 0.1) is 0 Å². The maximum Gasteiger partial charge on any atom is 0.252 e. The number of aliphatic hydroxyl groups excluding tert-OH is 3. The fraction of sp³-hybridized carbons (Fsp3) is 0.429. The molecule has 11 heteroatoms. The molecule has 1 fully saturated rings. The SMILES string of the molecule is COCC1CC(NC(=O)C(OCc2ccccc2)C(O)C(O)C(OCc2ccccc2)C(=O)NC2c3ccccc3CC2O)CO1. The lowest BCUT2D eigenvalue weighted by molar-refractivity contribution is -0.171. The Morgan fingerprint density at radius 3 is 1.96 bits per heavy atom. The quantitative estimate of drug-likeness (QED) is 0.168. The van der Waals surface area contributed by atoms with E-state index in [0.29, 0.717) is 19.4 Å². The number of hydrogen-bond acceptors (Lipinski definition) is 9. The van der Waals surface area contributed by atoms with Crippen LogP contribution in [0.25, 0.3) is 0 Å². The van der Waals surface area contributed by atoms with Crippen molar-refractivity contribution in [1.82, 2.24) is 10.6 Å². The van der Waals surface area contributed by atoms with Gasteiger partial charge in [-0.2, -0.15) is 0 Å². The minimum Gasteiger partial charge on any atom is -0.390 e. The molecule has 246 valence electrons. The highest BCUT2D eigenvalue weighted by Gasteiger charge is 2.43. The number of aliphatic hydroxyl groups is 3. The molecule has 1 saturated heterocycles. The number of fused-ring (bicyclic) bond motifs is 1. The van der Waals surface area contributed by atoms with Gasteiger partial charge in [-0.3, -0.25) is 9.59 Å². The van der Waals surface area contributed by atoms with E-state index in [-0.39, 0.29) is 32.0 Å². The Kier molecular flexibility index (Phi) is 11.9. The van der Waals surface area contributed by atoms with E-state index in [4.69, 9.17) is 18.9 Å². The number of benzene rings is 3. The van der Waals surface area contributed by atoms with Crippen LogP contribution in [-0.2, 0) is 48.2 Å². The van der Waals surface area contributed by atoms with Gasteiger partial charge in [-0.05, 0) is 28.7 Å². The van der Waals surface area contributed by atoms with E-state index in [1.807, 2.05) is 72.8 Å². The number of methoxy groups -OCH3 is 1. The van der Waals surface area contributed by atoms with Crippen molar-refractivity contribution in [3.63, 3.8) is 0 Å². The van der Waals surface area contributed by atoms with E-state index in [9.17, 15) is 24.9 Å². The van der Waals surface area contributed by atoms with Gasteiger partial charge in [-0.25, -0.2) is 0 Å². The second-order valence-corrected chi connectivity index (χ2v) is 11.7. The van der Waals surface area contributed by atoms with Crippen LogP contribution < -0.4 is 10.6 Å². The molecule has 0 spiro atoms. The van der Waals surface area contributed by atoms with Crippen LogP contribution >= 0.6 is 0 Å². The maximum absolute atomic E-state index is 13.8. The third-order valence-corrected chi connectivity index (χ3v) is 8.31. The summed E-state index contributed by atoms with van der Waals surface area (Å²) < 4.78 is 22.7. The Bertz CT molecular complexity index is 1410. The number of nitrogens with one attached hydrogen (secondary N) is 2. The van der Waals surface area contributed by atoms with Crippen molar-refractivity contribution in [2.45, 2.75) is 74.8 Å². The van der Waals surface area contributed by atoms with Crippen LogP contribution in [0.4, 0.5) is 0 Å². The highest BCUT2D eigenvalue weighted by atomic mass is 16.5. The molecule has 0 radical (unpaired) electrons. The van der Waals surface area contributed by atoms with Crippen molar-refractivity contribution in [3.8, 4) is 0 Å². The van der Waals surface area contributed by atoms with Crippen LogP contribution in [0.1, 0.15) is 34.7 Å². The molecule has 3 aromatic carbocycles. The van der Waals surface area contributed by atoms with Crippen LogP contribution in [0.5, 0.6) is 0 Å². The van der Waals surface area contributed by atoms with Gasteiger partial charge in [0, 0.05) is 13.5 Å². The van der Waals surface area contributed by atoms with E-state index in [1.54, 1.807) is 19.2 Å². The molecule has 11 nitrogen and oxygen atoms in total. The van der Waals surface area contributed by atoms with Crippen molar-refractivity contribution in [2.24, 2.45) is 0 Å². The summed E-state index contributed by atoms with van der Waals surface area (Å²) in [5.74, 6) is -1.42. The Balaban J connectivity index is 1.35. The highest BCUT2D eigenvalue weighted by molar-refractivity contribution is 5.84. The maximum atomic E-state index is 13.8. The van der Waals surface area contributed by atoms with Crippen molar-refractivity contribution in [1.29, 1.82) is 0 Å². The third-order valence-electron chi connectivity index (χ3n) is 8.31. The molecule has 5 N–H and O–H groups in total. The number of hydrogen-bond donors (Lipinski definition) is 5. The molecule has 5 rings (SSSR count). The lowest BCUT2D eigenvalue weighted by Crippen LogP contribution is -2.57. The summed E-state index contributed by atoms with van der Waals surface area (Å²) in [6.07, 6.45) is -7.16. The van der Waals surface area contributed by atoms with Gasteiger partial charge >= 0.3 is 0 Å². The van der Waals surface area contributed by atoms with Crippen molar-refractivity contribution in [2.75, 3.05) is 20.3 Å². The molecule has 1 aliphatic heterocycles. The summed E-state index contributed by atoms with van der Waals surface area (Å²) in [5.41, 5.74) is 3.14. The zero-order valence-electron chi connectivity index (χ0n) is 25.7. The molecule has 8 atom stereocenters. The number of carbonyl (C=O) groups excluding carboxylic acids is 2. The second kappa shape index (κ2) is 16.2. The van der Waals surface area contributed by atoms with Crippen molar-refractivity contribution >= 4 is 11.8 Å². The Labute approximate surface area is 268 Å². The Morgan fingerprint density at radius 1 is 0.826 bits per heavy atom. The summed E-state index contributed by atoms with van der Waals surface area (Å²) in [6.45, 7) is 0.523. The molecule has 8 unspecified atom stereocenters. The number of rotatable bonds is 15. The van der Waals surface area contributed by atoms with Crippen molar-refractivity contribution < 1.29 is 43.9 Å². The summed E-state index contributed by atoms with van der Waals surface area (Å²) in [6, 6.07) is 24.4. The van der Waals surface area contributed by atoms with Gasteiger partial charge in [0.2, 0.25) is 0 Å². The highest BCUT2D eigenvalue weighted by Crippen LogP contribution is 2.31. The summed E-state index contributed by atoms with van der Waals surface area (Å²) in [7, 11) is 1.57. The standard InChI is InChI=1S/C35H42N2O9/c1-43-21-26-17-25(20-44-26)36-34(41)32(45-18-22-10-4-2-5-11-22)30(39)31(40)33(46-19-23-12-6-3-7-13-23)35(42)37-29-27-15-9-8-14-24(27)16-28(29)38/h2-15,25-26,28-33,38-40H,16-21H2,1H3,(H,36,41)(H,37,42). The molecule has 46 heavy (non-hydrogen) atoms. The number of carbonyl (C=O) groups is 2. The first-order chi connectivity index (χ1) is 22.3. The zero-order valence-corrected chi connectivity index (χ0v) is 25.7. The number of amides is 2. The van der Waals surface area contributed by atoms with Gasteiger partial charge < -0.3 is 44.9 Å². The monoisotopic (exact) mass is 634 g/mol. The van der Waals surface area contributed by atoms with Gasteiger partial charge in [0.1, 0.15) is 12.2 Å².